The van der Waals surface area contributed by atoms with Gasteiger partial charge in [-0.1, -0.05) is 0 Å². The number of rotatable bonds is 3. The molecule has 9 nitrogen and oxygen atoms in total. The van der Waals surface area contributed by atoms with Gasteiger partial charge in [-0.15, -0.1) is 0 Å². The van der Waals surface area contributed by atoms with Crippen LogP contribution in [0.2, 0.25) is 0 Å². The summed E-state index contributed by atoms with van der Waals surface area (Å²) >= 11 is 0. The van der Waals surface area contributed by atoms with Crippen molar-refractivity contribution >= 4 is 22.5 Å². The summed E-state index contributed by atoms with van der Waals surface area (Å²) in [5, 5.41) is 41.3. The number of fused-ring (bicyclic) bond motifs is 2. The van der Waals surface area contributed by atoms with E-state index in [0.717, 1.165) is 6.07 Å². The lowest BCUT2D eigenvalue weighted by molar-refractivity contribution is 0.102. The molecule has 5 rings (SSSR count). The standard InChI is InChI=1S/C26H18O9/c1-9-4-11(27)7-15(30)17(9)23(31)22-19-13-6-12(28)8-16(34-3)18(13)24(32)20-14(29)5-10(2)25(21(19)20)35-26(22)33/h4-8,27-30H,1-3H3. The number of aromatic hydroxyl groups is 4. The number of ether oxygens (including phenoxy) is 1. The van der Waals surface area contributed by atoms with Crippen molar-refractivity contribution in [3.63, 3.8) is 0 Å². The summed E-state index contributed by atoms with van der Waals surface area (Å²) in [6.45, 7) is 3.03. The molecule has 0 saturated carbocycles. The minimum Gasteiger partial charge on any atom is -0.508 e. The van der Waals surface area contributed by atoms with Gasteiger partial charge in [-0.25, -0.2) is 4.79 Å². The van der Waals surface area contributed by atoms with Gasteiger partial charge in [0.2, 0.25) is 11.6 Å². The Labute approximate surface area is 197 Å². The maximum Gasteiger partial charge on any atom is 0.348 e. The van der Waals surface area contributed by atoms with Crippen LogP contribution in [0.15, 0.2) is 39.5 Å². The lowest BCUT2D eigenvalue weighted by atomic mass is 9.79. The van der Waals surface area contributed by atoms with Crippen LogP contribution in [0.1, 0.15) is 43.0 Å². The van der Waals surface area contributed by atoms with Gasteiger partial charge in [0, 0.05) is 28.6 Å². The summed E-state index contributed by atoms with van der Waals surface area (Å²) in [4.78, 5) is 40.5. The van der Waals surface area contributed by atoms with Crippen molar-refractivity contribution in [2.75, 3.05) is 7.11 Å². The van der Waals surface area contributed by atoms with Crippen molar-refractivity contribution in [3.8, 4) is 39.9 Å². The van der Waals surface area contributed by atoms with E-state index in [9.17, 15) is 34.8 Å². The van der Waals surface area contributed by atoms with E-state index in [0.29, 0.717) is 5.56 Å². The third-order valence-corrected chi connectivity index (χ3v) is 6.13. The van der Waals surface area contributed by atoms with E-state index in [1.165, 1.54) is 38.3 Å². The maximum absolute atomic E-state index is 13.7. The van der Waals surface area contributed by atoms with Crippen LogP contribution in [0.5, 0.6) is 28.7 Å². The van der Waals surface area contributed by atoms with E-state index in [4.69, 9.17) is 9.15 Å². The summed E-state index contributed by atoms with van der Waals surface area (Å²) in [7, 11) is 1.28. The number of hydrogen-bond acceptors (Lipinski definition) is 9. The smallest absolute Gasteiger partial charge is 0.348 e. The number of phenolic OH excluding ortho intramolecular Hbond substituents is 4. The summed E-state index contributed by atoms with van der Waals surface area (Å²) in [5.74, 6) is -3.14. The summed E-state index contributed by atoms with van der Waals surface area (Å²) in [6, 6.07) is 5.90. The van der Waals surface area contributed by atoms with E-state index in [1.807, 2.05) is 0 Å². The lowest BCUT2D eigenvalue weighted by Gasteiger charge is -2.24. The van der Waals surface area contributed by atoms with Gasteiger partial charge in [-0.3, -0.25) is 9.59 Å². The predicted octanol–water partition coefficient (Wildman–Crippen LogP) is 3.68. The van der Waals surface area contributed by atoms with E-state index >= 15 is 0 Å². The Balaban J connectivity index is 2.02. The molecule has 0 fully saturated rings. The molecule has 0 spiro atoms. The topological polar surface area (TPSA) is 154 Å². The molecule has 4 N–H and O–H groups in total. The largest absolute Gasteiger partial charge is 0.508 e. The van der Waals surface area contributed by atoms with E-state index in [2.05, 4.69) is 0 Å². The number of methoxy groups -OCH3 is 1. The molecule has 0 unspecified atom stereocenters. The number of benzene rings is 3. The van der Waals surface area contributed by atoms with Crippen LogP contribution in [0.4, 0.5) is 0 Å². The molecule has 0 radical (unpaired) electrons. The second kappa shape index (κ2) is 7.36. The normalized spacial score (nSPS) is 12.0. The Morgan fingerprint density at radius 2 is 1.49 bits per heavy atom. The van der Waals surface area contributed by atoms with Crippen molar-refractivity contribution in [1.29, 1.82) is 0 Å². The van der Waals surface area contributed by atoms with Crippen molar-refractivity contribution < 1.29 is 39.2 Å². The van der Waals surface area contributed by atoms with Crippen LogP contribution in [0.25, 0.3) is 22.1 Å². The van der Waals surface area contributed by atoms with Gasteiger partial charge in [0.1, 0.15) is 39.9 Å². The van der Waals surface area contributed by atoms with Crippen LogP contribution >= 0.6 is 0 Å². The van der Waals surface area contributed by atoms with Crippen molar-refractivity contribution in [2.45, 2.75) is 13.8 Å². The third-order valence-electron chi connectivity index (χ3n) is 6.13. The minimum atomic E-state index is -1.05. The zero-order chi connectivity index (χ0) is 25.3. The highest BCUT2D eigenvalue weighted by molar-refractivity contribution is 6.31. The molecule has 0 saturated heterocycles. The molecule has 9 heteroatoms. The molecule has 1 aliphatic carbocycles. The highest BCUT2D eigenvalue weighted by Crippen LogP contribution is 2.49. The van der Waals surface area contributed by atoms with Gasteiger partial charge < -0.3 is 29.6 Å². The highest BCUT2D eigenvalue weighted by atomic mass is 16.5. The number of phenols is 4. The molecule has 1 aliphatic rings. The number of hydrogen-bond donors (Lipinski definition) is 4. The average molecular weight is 474 g/mol. The quantitative estimate of drug-likeness (QED) is 0.226. The molecule has 0 atom stereocenters. The molecule has 1 aromatic heterocycles. The first kappa shape index (κ1) is 22.0. The molecular formula is C26H18O9. The van der Waals surface area contributed by atoms with Gasteiger partial charge in [-0.2, -0.15) is 0 Å². The molecule has 3 aromatic carbocycles. The van der Waals surface area contributed by atoms with Crippen molar-refractivity contribution in [2.24, 2.45) is 0 Å². The Morgan fingerprint density at radius 1 is 0.800 bits per heavy atom. The summed E-state index contributed by atoms with van der Waals surface area (Å²) in [6.07, 6.45) is 0. The Kier molecular flexibility index (Phi) is 4.63. The Hall–Kier alpha value is -4.79. The molecule has 176 valence electrons. The number of ketones is 2. The zero-order valence-corrected chi connectivity index (χ0v) is 18.7. The van der Waals surface area contributed by atoms with Gasteiger partial charge in [0.05, 0.1) is 23.8 Å². The molecular weight excluding hydrogens is 456 g/mol. The summed E-state index contributed by atoms with van der Waals surface area (Å²) in [5.41, 5.74) is -1.59. The Bertz CT molecular complexity index is 1670. The van der Waals surface area contributed by atoms with Crippen molar-refractivity contribution in [3.05, 3.63) is 74.1 Å². The number of aryl methyl sites for hydroxylation is 2. The first-order valence-electron chi connectivity index (χ1n) is 10.4. The van der Waals surface area contributed by atoms with Crippen LogP contribution in [0.3, 0.4) is 0 Å². The van der Waals surface area contributed by atoms with E-state index in [1.54, 1.807) is 6.92 Å². The second-order valence-corrected chi connectivity index (χ2v) is 8.32. The summed E-state index contributed by atoms with van der Waals surface area (Å²) < 4.78 is 10.8. The Morgan fingerprint density at radius 3 is 2.14 bits per heavy atom. The number of carbonyl (C=O) groups is 2. The molecule has 0 amide bonds. The number of carbonyl (C=O) groups excluding carboxylic acids is 2. The van der Waals surface area contributed by atoms with Crippen LogP contribution in [-0.2, 0) is 0 Å². The monoisotopic (exact) mass is 474 g/mol. The van der Waals surface area contributed by atoms with Gasteiger partial charge in [-0.05, 0) is 43.2 Å². The molecule has 0 aliphatic heterocycles. The molecule has 35 heavy (non-hydrogen) atoms. The third kappa shape index (κ3) is 2.98. The van der Waals surface area contributed by atoms with Crippen LogP contribution < -0.4 is 10.4 Å². The minimum absolute atomic E-state index is 0.0118. The fourth-order valence-electron chi connectivity index (χ4n) is 4.72. The van der Waals surface area contributed by atoms with E-state index in [-0.39, 0.29) is 61.6 Å². The fraction of sp³-hybridized carbons (Fsp3) is 0.115. The van der Waals surface area contributed by atoms with Gasteiger partial charge in [0.25, 0.3) is 0 Å². The first-order valence-corrected chi connectivity index (χ1v) is 10.4. The van der Waals surface area contributed by atoms with Crippen LogP contribution in [-0.4, -0.2) is 39.1 Å². The van der Waals surface area contributed by atoms with Gasteiger partial charge in [0.15, 0.2) is 0 Å². The fourth-order valence-corrected chi connectivity index (χ4v) is 4.72. The predicted molar refractivity (Wildman–Crippen MR) is 124 cm³/mol. The maximum atomic E-state index is 13.7. The SMILES string of the molecule is COc1cc(O)cc2c1C(=O)c1c(O)cc(C)c3oc(=O)c(C(=O)c4c(C)cc(O)cc4O)c-2c13. The molecule has 4 aromatic rings. The van der Waals surface area contributed by atoms with Crippen molar-refractivity contribution in [1.82, 2.24) is 0 Å². The zero-order valence-electron chi connectivity index (χ0n) is 18.7. The lowest BCUT2D eigenvalue weighted by Crippen LogP contribution is -2.22. The molecule has 0 bridgehead atoms. The first-order chi connectivity index (χ1) is 16.5. The van der Waals surface area contributed by atoms with E-state index < -0.39 is 34.3 Å². The van der Waals surface area contributed by atoms with Gasteiger partial charge >= 0.3 is 5.63 Å². The molecule has 1 heterocycles. The second-order valence-electron chi connectivity index (χ2n) is 8.32. The average Bonchev–Trinajstić information content (AvgIpc) is 2.76. The highest BCUT2D eigenvalue weighted by Gasteiger charge is 2.37. The van der Waals surface area contributed by atoms with Crippen LogP contribution in [0, 0.1) is 13.8 Å².